The van der Waals surface area contributed by atoms with E-state index in [0.29, 0.717) is 22.9 Å². The number of para-hydroxylation sites is 2. The average Bonchev–Trinajstić information content (AvgIpc) is 3.25. The number of hydrogen-bond donors (Lipinski definition) is 1. The molecule has 3 rings (SSSR count). The second-order valence-corrected chi connectivity index (χ2v) is 5.53. The van der Waals surface area contributed by atoms with Gasteiger partial charge in [0.1, 0.15) is 18.4 Å². The molecule has 28 heavy (non-hydrogen) atoms. The fourth-order valence-corrected chi connectivity index (χ4v) is 2.35. The first-order chi connectivity index (χ1) is 13.7. The second-order valence-electron chi connectivity index (χ2n) is 5.53. The molecule has 0 saturated carbocycles. The zero-order valence-electron chi connectivity index (χ0n) is 15.4. The Kier molecular flexibility index (Phi) is 6.19. The molecule has 1 heterocycles. The van der Waals surface area contributed by atoms with Gasteiger partial charge in [0.25, 0.3) is 5.91 Å². The lowest BCUT2D eigenvalue weighted by Crippen LogP contribution is -2.20. The SMILES string of the molecule is COc1ccccc1NC(=O)COc1ccc(/C=N/n2cnnc2)cc1OC. The molecule has 0 bridgehead atoms. The van der Waals surface area contributed by atoms with Gasteiger partial charge in [0.2, 0.25) is 0 Å². The molecule has 0 atom stereocenters. The van der Waals surface area contributed by atoms with Crippen molar-refractivity contribution in [2.75, 3.05) is 26.1 Å². The molecule has 9 nitrogen and oxygen atoms in total. The van der Waals surface area contributed by atoms with Crippen LogP contribution in [0, 0.1) is 0 Å². The smallest absolute Gasteiger partial charge is 0.262 e. The normalized spacial score (nSPS) is 10.6. The summed E-state index contributed by atoms with van der Waals surface area (Å²) >= 11 is 0. The van der Waals surface area contributed by atoms with Crippen LogP contribution in [0.5, 0.6) is 17.2 Å². The number of amides is 1. The van der Waals surface area contributed by atoms with E-state index < -0.39 is 0 Å². The quantitative estimate of drug-likeness (QED) is 0.601. The predicted molar refractivity (Wildman–Crippen MR) is 103 cm³/mol. The summed E-state index contributed by atoms with van der Waals surface area (Å²) in [5, 5.41) is 14.3. The summed E-state index contributed by atoms with van der Waals surface area (Å²) in [6.07, 6.45) is 4.58. The van der Waals surface area contributed by atoms with Gasteiger partial charge in [0.15, 0.2) is 18.1 Å². The molecular formula is C19H19N5O4. The summed E-state index contributed by atoms with van der Waals surface area (Å²) < 4.78 is 17.6. The maximum absolute atomic E-state index is 12.2. The second kappa shape index (κ2) is 9.17. The first kappa shape index (κ1) is 18.9. The highest BCUT2D eigenvalue weighted by atomic mass is 16.5. The molecule has 1 amide bonds. The summed E-state index contributed by atoms with van der Waals surface area (Å²) in [5.41, 5.74) is 1.36. The Morgan fingerprint density at radius 2 is 1.82 bits per heavy atom. The van der Waals surface area contributed by atoms with Gasteiger partial charge in [0.05, 0.1) is 26.1 Å². The van der Waals surface area contributed by atoms with Gasteiger partial charge in [-0.05, 0) is 35.9 Å². The molecule has 0 unspecified atom stereocenters. The van der Waals surface area contributed by atoms with Crippen molar-refractivity contribution in [2.45, 2.75) is 0 Å². The number of rotatable bonds is 8. The van der Waals surface area contributed by atoms with Crippen molar-refractivity contribution in [1.29, 1.82) is 0 Å². The summed E-state index contributed by atoms with van der Waals surface area (Å²) in [6.45, 7) is -0.178. The van der Waals surface area contributed by atoms with Crippen molar-refractivity contribution in [3.8, 4) is 17.2 Å². The van der Waals surface area contributed by atoms with Crippen molar-refractivity contribution in [2.24, 2.45) is 5.10 Å². The summed E-state index contributed by atoms with van der Waals surface area (Å²) in [7, 11) is 3.07. The first-order valence-corrected chi connectivity index (χ1v) is 8.32. The van der Waals surface area contributed by atoms with Crippen LogP contribution in [0.1, 0.15) is 5.56 Å². The molecular weight excluding hydrogens is 362 g/mol. The third-order valence-electron chi connectivity index (χ3n) is 3.67. The van der Waals surface area contributed by atoms with Gasteiger partial charge in [-0.15, -0.1) is 10.2 Å². The highest BCUT2D eigenvalue weighted by Gasteiger charge is 2.10. The number of aromatic nitrogens is 3. The fourth-order valence-electron chi connectivity index (χ4n) is 2.35. The van der Waals surface area contributed by atoms with Crippen LogP contribution < -0.4 is 19.5 Å². The average molecular weight is 381 g/mol. The topological polar surface area (TPSA) is 99.9 Å². The number of benzene rings is 2. The summed E-state index contributed by atoms with van der Waals surface area (Å²) in [6, 6.07) is 12.4. The van der Waals surface area contributed by atoms with Gasteiger partial charge in [-0.2, -0.15) is 5.10 Å². The number of nitrogens with one attached hydrogen (secondary N) is 1. The van der Waals surface area contributed by atoms with E-state index in [1.165, 1.54) is 24.4 Å². The first-order valence-electron chi connectivity index (χ1n) is 8.32. The number of nitrogens with zero attached hydrogens (tertiary/aromatic N) is 4. The molecule has 0 aliphatic carbocycles. The monoisotopic (exact) mass is 381 g/mol. The molecule has 1 aromatic heterocycles. The van der Waals surface area contributed by atoms with Crippen molar-refractivity contribution < 1.29 is 19.0 Å². The van der Waals surface area contributed by atoms with E-state index >= 15 is 0 Å². The zero-order valence-corrected chi connectivity index (χ0v) is 15.4. The molecule has 9 heteroatoms. The molecule has 0 aliphatic heterocycles. The van der Waals surface area contributed by atoms with Crippen LogP contribution in [0.3, 0.4) is 0 Å². The van der Waals surface area contributed by atoms with Crippen LogP contribution in [-0.4, -0.2) is 47.8 Å². The summed E-state index contributed by atoms with van der Waals surface area (Å²) in [4.78, 5) is 12.2. The van der Waals surface area contributed by atoms with E-state index in [0.717, 1.165) is 5.56 Å². The zero-order chi connectivity index (χ0) is 19.8. The molecule has 1 N–H and O–H groups in total. The largest absolute Gasteiger partial charge is 0.495 e. The number of carbonyl (C=O) groups is 1. The van der Waals surface area contributed by atoms with Gasteiger partial charge in [0, 0.05) is 0 Å². The van der Waals surface area contributed by atoms with E-state index in [9.17, 15) is 4.79 Å². The van der Waals surface area contributed by atoms with Crippen LogP contribution in [0.2, 0.25) is 0 Å². The third kappa shape index (κ3) is 4.85. The summed E-state index contributed by atoms with van der Waals surface area (Å²) in [5.74, 6) is 1.19. The van der Waals surface area contributed by atoms with Gasteiger partial charge in [-0.3, -0.25) is 4.79 Å². The van der Waals surface area contributed by atoms with E-state index in [2.05, 4.69) is 20.6 Å². The minimum absolute atomic E-state index is 0.178. The lowest BCUT2D eigenvalue weighted by Gasteiger charge is -2.12. The Morgan fingerprint density at radius 1 is 1.07 bits per heavy atom. The maximum Gasteiger partial charge on any atom is 0.262 e. The molecule has 3 aromatic rings. The van der Waals surface area contributed by atoms with Gasteiger partial charge in [-0.1, -0.05) is 12.1 Å². The minimum atomic E-state index is -0.315. The lowest BCUT2D eigenvalue weighted by atomic mass is 10.2. The number of ether oxygens (including phenoxy) is 3. The van der Waals surface area contributed by atoms with Crippen LogP contribution in [0.4, 0.5) is 5.69 Å². The standard InChI is InChI=1S/C19H19N5O4/c1-26-16-6-4-3-5-15(16)23-19(25)11-28-17-8-7-14(9-18(17)27-2)10-22-24-12-20-21-13-24/h3-10,12-13H,11H2,1-2H3,(H,23,25)/b22-10+. The van der Waals surface area contributed by atoms with Crippen molar-refractivity contribution in [3.63, 3.8) is 0 Å². The molecule has 0 saturated heterocycles. The van der Waals surface area contributed by atoms with E-state index in [4.69, 9.17) is 14.2 Å². The van der Waals surface area contributed by atoms with Gasteiger partial charge in [-0.25, -0.2) is 4.68 Å². The number of anilines is 1. The van der Waals surface area contributed by atoms with Gasteiger partial charge < -0.3 is 19.5 Å². The van der Waals surface area contributed by atoms with Crippen LogP contribution in [-0.2, 0) is 4.79 Å². The molecule has 0 fully saturated rings. The van der Waals surface area contributed by atoms with E-state index in [-0.39, 0.29) is 12.5 Å². The van der Waals surface area contributed by atoms with Gasteiger partial charge >= 0.3 is 0 Å². The van der Waals surface area contributed by atoms with Crippen LogP contribution in [0.15, 0.2) is 60.2 Å². The molecule has 144 valence electrons. The number of hydrogen-bond acceptors (Lipinski definition) is 7. The Bertz CT molecular complexity index is 957. The molecule has 0 spiro atoms. The molecule has 0 aliphatic rings. The van der Waals surface area contributed by atoms with E-state index in [1.54, 1.807) is 43.7 Å². The predicted octanol–water partition coefficient (Wildman–Crippen LogP) is 2.20. The van der Waals surface area contributed by atoms with Crippen molar-refractivity contribution in [3.05, 3.63) is 60.7 Å². The van der Waals surface area contributed by atoms with Crippen LogP contribution >= 0.6 is 0 Å². The van der Waals surface area contributed by atoms with Crippen molar-refractivity contribution >= 4 is 17.8 Å². The van der Waals surface area contributed by atoms with Crippen molar-refractivity contribution in [1.82, 2.24) is 14.9 Å². The molecule has 0 radical (unpaired) electrons. The van der Waals surface area contributed by atoms with E-state index in [1.807, 2.05) is 12.1 Å². The number of methoxy groups -OCH3 is 2. The highest BCUT2D eigenvalue weighted by molar-refractivity contribution is 5.93. The molecule has 2 aromatic carbocycles. The Balaban J connectivity index is 1.62. The minimum Gasteiger partial charge on any atom is -0.495 e. The van der Waals surface area contributed by atoms with Crippen LogP contribution in [0.25, 0.3) is 0 Å². The Hall–Kier alpha value is -3.88. The third-order valence-corrected chi connectivity index (χ3v) is 3.67. The maximum atomic E-state index is 12.2. The highest BCUT2D eigenvalue weighted by Crippen LogP contribution is 2.28. The number of carbonyl (C=O) groups excluding carboxylic acids is 1. The lowest BCUT2D eigenvalue weighted by molar-refractivity contribution is -0.118. The Morgan fingerprint density at radius 3 is 2.57 bits per heavy atom. The Labute approximate surface area is 161 Å². The fraction of sp³-hybridized carbons (Fsp3) is 0.158.